The van der Waals surface area contributed by atoms with E-state index < -0.39 is 18.0 Å². The van der Waals surface area contributed by atoms with Gasteiger partial charge in [-0.1, -0.05) is 35.9 Å². The van der Waals surface area contributed by atoms with Crippen LogP contribution in [0.5, 0.6) is 23.0 Å². The highest BCUT2D eigenvalue weighted by Crippen LogP contribution is 2.37. The number of rotatable bonds is 12. The lowest BCUT2D eigenvalue weighted by Gasteiger charge is -2.32. The number of hydrogen-bond acceptors (Lipinski definition) is 8. The van der Waals surface area contributed by atoms with Crippen molar-refractivity contribution in [2.24, 2.45) is 0 Å². The molecular weight excluding hydrogens is 602 g/mol. The summed E-state index contributed by atoms with van der Waals surface area (Å²) < 4.78 is 27.2. The lowest BCUT2D eigenvalue weighted by molar-refractivity contribution is -0.139. The first-order valence-corrected chi connectivity index (χ1v) is 14.8. The van der Waals surface area contributed by atoms with E-state index in [1.807, 2.05) is 12.1 Å². The first kappa shape index (κ1) is 31.5. The number of carbonyl (C=O) groups is 3. The van der Waals surface area contributed by atoms with Crippen LogP contribution in [0, 0.1) is 0 Å². The van der Waals surface area contributed by atoms with Crippen LogP contribution in [0.2, 0.25) is 5.02 Å². The van der Waals surface area contributed by atoms with E-state index in [9.17, 15) is 14.4 Å². The fourth-order valence-corrected chi connectivity index (χ4v) is 5.33. The monoisotopic (exact) mass is 635 g/mol. The Morgan fingerprint density at radius 2 is 1.69 bits per heavy atom. The van der Waals surface area contributed by atoms with Crippen molar-refractivity contribution in [3.8, 4) is 23.0 Å². The molecule has 12 heteroatoms. The van der Waals surface area contributed by atoms with Gasteiger partial charge in [0.1, 0.15) is 0 Å². The fraction of sp³-hybridized carbons (Fsp3) is 0.303. The molecule has 3 aromatic rings. The van der Waals surface area contributed by atoms with Gasteiger partial charge in [0.15, 0.2) is 23.0 Å². The van der Waals surface area contributed by atoms with E-state index in [2.05, 4.69) is 10.6 Å². The van der Waals surface area contributed by atoms with Crippen molar-refractivity contribution >= 4 is 29.5 Å². The number of ether oxygens (including phenoxy) is 5. The van der Waals surface area contributed by atoms with E-state index in [-0.39, 0.29) is 50.1 Å². The molecular formula is C33H34ClN3O8. The highest BCUT2D eigenvalue weighted by molar-refractivity contribution is 6.30. The second-order valence-electron chi connectivity index (χ2n) is 10.3. The van der Waals surface area contributed by atoms with E-state index in [0.717, 1.165) is 11.1 Å². The highest BCUT2D eigenvalue weighted by atomic mass is 35.5. The van der Waals surface area contributed by atoms with E-state index in [1.165, 1.54) is 0 Å². The number of nitrogens with zero attached hydrogens (tertiary/aromatic N) is 1. The van der Waals surface area contributed by atoms with E-state index in [1.54, 1.807) is 74.6 Å². The Morgan fingerprint density at radius 3 is 2.42 bits per heavy atom. The van der Waals surface area contributed by atoms with Gasteiger partial charge in [0.05, 0.1) is 51.1 Å². The number of carbonyl (C=O) groups excluding carboxylic acids is 3. The van der Waals surface area contributed by atoms with Crippen LogP contribution in [0.1, 0.15) is 29.7 Å². The zero-order chi connectivity index (χ0) is 31.9. The van der Waals surface area contributed by atoms with Gasteiger partial charge in [-0.25, -0.2) is 9.59 Å². The van der Waals surface area contributed by atoms with Crippen LogP contribution in [0.3, 0.4) is 0 Å². The Kier molecular flexibility index (Phi) is 9.99. The summed E-state index contributed by atoms with van der Waals surface area (Å²) in [6.45, 7) is 2.12. The van der Waals surface area contributed by atoms with Crippen molar-refractivity contribution in [3.63, 3.8) is 0 Å². The largest absolute Gasteiger partial charge is 0.493 e. The summed E-state index contributed by atoms with van der Waals surface area (Å²) in [5.41, 5.74) is 2.72. The molecule has 2 N–H and O–H groups in total. The molecule has 0 aliphatic carbocycles. The van der Waals surface area contributed by atoms with Crippen molar-refractivity contribution in [1.29, 1.82) is 0 Å². The number of urea groups is 1. The van der Waals surface area contributed by atoms with Crippen molar-refractivity contribution in [1.82, 2.24) is 15.5 Å². The lowest BCUT2D eigenvalue weighted by atomic mass is 9.94. The molecule has 0 fully saturated rings. The van der Waals surface area contributed by atoms with Gasteiger partial charge in [0.2, 0.25) is 12.7 Å². The summed E-state index contributed by atoms with van der Waals surface area (Å²) in [5.74, 6) is 1.40. The van der Waals surface area contributed by atoms with Crippen LogP contribution >= 0.6 is 11.6 Å². The maximum absolute atomic E-state index is 13.8. The molecule has 3 aromatic carbocycles. The molecule has 2 aliphatic heterocycles. The molecule has 11 nitrogen and oxygen atoms in total. The molecule has 45 heavy (non-hydrogen) atoms. The van der Waals surface area contributed by atoms with Gasteiger partial charge in [-0.15, -0.1) is 0 Å². The summed E-state index contributed by atoms with van der Waals surface area (Å²) >= 11 is 6.06. The standard InChI is InChI=1S/C33H34ClN3O8/c1-4-43-32(39)30-24(35-33(40)36-31(30)22-8-12-26-28(17-22)45-19-44-26)18-37(29(38)16-20-5-9-23(34)10-6-20)14-13-21-7-11-25(41-2)27(15-21)42-3/h5-12,15,17,31H,4,13-14,16,18-19H2,1-3H3,(H2,35,36,40). The predicted octanol–water partition coefficient (Wildman–Crippen LogP) is 4.57. The van der Waals surface area contributed by atoms with E-state index in [0.29, 0.717) is 40.0 Å². The average molecular weight is 636 g/mol. The zero-order valence-electron chi connectivity index (χ0n) is 25.2. The van der Waals surface area contributed by atoms with Gasteiger partial charge >= 0.3 is 12.0 Å². The summed E-state index contributed by atoms with van der Waals surface area (Å²) in [5, 5.41) is 6.16. The maximum atomic E-state index is 13.8. The molecule has 2 aliphatic rings. The SMILES string of the molecule is CCOC(=O)C1=C(CN(CCc2ccc(OC)c(OC)c2)C(=O)Cc2ccc(Cl)cc2)NC(=O)NC1c1ccc2c(c1)OCO2. The second kappa shape index (κ2) is 14.3. The van der Waals surface area contributed by atoms with Gasteiger partial charge in [-0.2, -0.15) is 0 Å². The third kappa shape index (κ3) is 7.43. The van der Waals surface area contributed by atoms with Gasteiger partial charge in [-0.05, 0) is 66.4 Å². The van der Waals surface area contributed by atoms with E-state index in [4.69, 9.17) is 35.3 Å². The Labute approximate surface area is 266 Å². The molecule has 5 rings (SSSR count). The number of amides is 3. The van der Waals surface area contributed by atoms with Crippen molar-refractivity contribution < 1.29 is 38.1 Å². The molecule has 2 heterocycles. The number of nitrogens with one attached hydrogen (secondary N) is 2. The van der Waals surface area contributed by atoms with E-state index >= 15 is 0 Å². The van der Waals surface area contributed by atoms with Gasteiger partial charge in [0.25, 0.3) is 0 Å². The van der Waals surface area contributed by atoms with Crippen molar-refractivity contribution in [3.05, 3.63) is 93.6 Å². The highest BCUT2D eigenvalue weighted by Gasteiger charge is 2.35. The molecule has 1 atom stereocenters. The van der Waals surface area contributed by atoms with Crippen molar-refractivity contribution in [2.45, 2.75) is 25.8 Å². The molecule has 0 radical (unpaired) electrons. The molecule has 0 spiro atoms. The van der Waals surface area contributed by atoms with Crippen LogP contribution in [-0.2, 0) is 27.2 Å². The first-order valence-electron chi connectivity index (χ1n) is 14.4. The fourth-order valence-electron chi connectivity index (χ4n) is 5.21. The van der Waals surface area contributed by atoms with Gasteiger partial charge in [0, 0.05) is 11.6 Å². The Bertz CT molecular complexity index is 1610. The van der Waals surface area contributed by atoms with Crippen LogP contribution < -0.4 is 29.6 Å². The number of halogens is 1. The first-order chi connectivity index (χ1) is 21.8. The predicted molar refractivity (Wildman–Crippen MR) is 166 cm³/mol. The number of esters is 1. The minimum atomic E-state index is -0.860. The third-order valence-corrected chi connectivity index (χ3v) is 7.72. The second-order valence-corrected chi connectivity index (χ2v) is 10.8. The number of methoxy groups -OCH3 is 2. The number of fused-ring (bicyclic) bond motifs is 1. The molecule has 0 saturated heterocycles. The van der Waals surface area contributed by atoms with Crippen LogP contribution in [-0.4, -0.2) is 63.5 Å². The van der Waals surface area contributed by atoms with Gasteiger partial charge < -0.3 is 39.2 Å². The number of benzene rings is 3. The summed E-state index contributed by atoms with van der Waals surface area (Å²) in [4.78, 5) is 41.9. The van der Waals surface area contributed by atoms with Crippen LogP contribution in [0.15, 0.2) is 71.9 Å². The Hall–Kier alpha value is -4.90. The molecule has 236 valence electrons. The Balaban J connectivity index is 1.49. The molecule has 0 saturated carbocycles. The normalized spacial score (nSPS) is 15.2. The van der Waals surface area contributed by atoms with Crippen LogP contribution in [0.4, 0.5) is 4.79 Å². The summed E-state index contributed by atoms with van der Waals surface area (Å²) in [6.07, 6.45) is 0.551. The maximum Gasteiger partial charge on any atom is 0.338 e. The van der Waals surface area contributed by atoms with Crippen LogP contribution in [0.25, 0.3) is 0 Å². The molecule has 0 aromatic heterocycles. The third-order valence-electron chi connectivity index (χ3n) is 7.47. The molecule has 1 unspecified atom stereocenters. The Morgan fingerprint density at radius 1 is 0.956 bits per heavy atom. The minimum Gasteiger partial charge on any atom is -0.493 e. The lowest BCUT2D eigenvalue weighted by Crippen LogP contribution is -2.49. The summed E-state index contributed by atoms with van der Waals surface area (Å²) in [6, 6.07) is 16.4. The quantitative estimate of drug-likeness (QED) is 0.277. The smallest absolute Gasteiger partial charge is 0.338 e. The summed E-state index contributed by atoms with van der Waals surface area (Å²) in [7, 11) is 3.12. The average Bonchev–Trinajstić information content (AvgIpc) is 3.52. The molecule has 3 amide bonds. The van der Waals surface area contributed by atoms with Gasteiger partial charge in [-0.3, -0.25) is 4.79 Å². The zero-order valence-corrected chi connectivity index (χ0v) is 25.9. The minimum absolute atomic E-state index is 0.0532. The molecule has 0 bridgehead atoms. The number of hydrogen-bond donors (Lipinski definition) is 2. The van der Waals surface area contributed by atoms with Crippen molar-refractivity contribution in [2.75, 3.05) is 40.7 Å². The topological polar surface area (TPSA) is 125 Å².